The van der Waals surface area contributed by atoms with Gasteiger partial charge in [-0.15, -0.1) is 0 Å². The largest absolute Gasteiger partial charge is 0.462 e. The van der Waals surface area contributed by atoms with Crippen LogP contribution >= 0.6 is 0 Å². The highest BCUT2D eigenvalue weighted by Gasteiger charge is 2.35. The lowest BCUT2D eigenvalue weighted by Gasteiger charge is -2.19. The van der Waals surface area contributed by atoms with E-state index in [4.69, 9.17) is 30.4 Å². The third-order valence-corrected chi connectivity index (χ3v) is 10.9. The molecule has 0 bridgehead atoms. The number of hydrogen-bond donors (Lipinski definition) is 2. The molecular formula is C53H52F10N2O6. The number of benzene rings is 5. The molecule has 0 aliphatic heterocycles. The summed E-state index contributed by atoms with van der Waals surface area (Å²) in [6.07, 6.45) is -9.96. The molecule has 0 spiro atoms. The van der Waals surface area contributed by atoms with Crippen LogP contribution in [0.5, 0.6) is 11.5 Å². The van der Waals surface area contributed by atoms with Crippen LogP contribution in [0.1, 0.15) is 96.2 Å². The van der Waals surface area contributed by atoms with Crippen molar-refractivity contribution in [3.63, 3.8) is 0 Å². The lowest BCUT2D eigenvalue weighted by atomic mass is 9.98. The van der Waals surface area contributed by atoms with Crippen LogP contribution in [0, 0.1) is 0 Å². The average Bonchev–Trinajstić information content (AvgIpc) is 3.30. The van der Waals surface area contributed by atoms with Crippen LogP contribution in [0.2, 0.25) is 0 Å². The third kappa shape index (κ3) is 19.4. The fourth-order valence-electron chi connectivity index (χ4n) is 7.08. The molecule has 0 saturated carbocycles. The van der Waals surface area contributed by atoms with E-state index in [1.54, 1.807) is 12.1 Å². The fourth-order valence-corrected chi connectivity index (χ4v) is 7.08. The number of anilines is 2. The summed E-state index contributed by atoms with van der Waals surface area (Å²) in [7, 11) is 0. The van der Waals surface area contributed by atoms with Gasteiger partial charge in [-0.1, -0.05) is 67.4 Å². The number of esters is 2. The Morgan fingerprint density at radius 3 is 1.25 bits per heavy atom. The summed E-state index contributed by atoms with van der Waals surface area (Å²) in [4.78, 5) is 25.6. The van der Waals surface area contributed by atoms with E-state index in [0.29, 0.717) is 72.0 Å². The van der Waals surface area contributed by atoms with Crippen LogP contribution in [0.15, 0.2) is 127 Å². The van der Waals surface area contributed by atoms with E-state index >= 15 is 0 Å². The average molecular weight is 1000 g/mol. The highest BCUT2D eigenvalue weighted by molar-refractivity contribution is 5.87. The molecule has 0 aromatic heterocycles. The second-order valence-electron chi connectivity index (χ2n) is 16.6. The Balaban J connectivity index is 1.08. The van der Waals surface area contributed by atoms with Crippen molar-refractivity contribution in [1.29, 1.82) is 0 Å². The van der Waals surface area contributed by atoms with E-state index < -0.39 is 66.4 Å². The molecular weight excluding hydrogens is 951 g/mol. The molecule has 0 saturated heterocycles. The lowest BCUT2D eigenvalue weighted by molar-refractivity contribution is -0.186. The van der Waals surface area contributed by atoms with Crippen molar-refractivity contribution < 1.29 is 72.4 Å². The molecule has 5 aromatic carbocycles. The minimum atomic E-state index is -4.21. The Kier molecular flexibility index (Phi) is 19.5. The molecule has 0 radical (unpaired) electrons. The quantitative estimate of drug-likeness (QED) is 0.0195. The first-order valence-corrected chi connectivity index (χ1v) is 22.5. The van der Waals surface area contributed by atoms with E-state index in [2.05, 4.69) is 0 Å². The number of unbranched alkanes of at least 4 members (excludes halogenated alkanes) is 4. The maximum atomic E-state index is 15.0. The predicted molar refractivity (Wildman–Crippen MR) is 249 cm³/mol. The van der Waals surface area contributed by atoms with Crippen molar-refractivity contribution in [2.45, 2.75) is 94.7 Å². The molecule has 0 atom stereocenters. The number of nitrogen functional groups attached to an aromatic ring is 2. The minimum absolute atomic E-state index is 0.00302. The van der Waals surface area contributed by atoms with Gasteiger partial charge in [-0.2, -0.15) is 43.9 Å². The zero-order valence-electron chi connectivity index (χ0n) is 38.2. The summed E-state index contributed by atoms with van der Waals surface area (Å²) in [6, 6.07) is 26.3. The number of rotatable bonds is 25. The number of carbonyl (C=O) groups excluding carboxylic acids is 2. The molecule has 5 rings (SSSR count). The predicted octanol–water partition coefficient (Wildman–Crippen LogP) is 14.0. The second-order valence-corrected chi connectivity index (χ2v) is 16.6. The summed E-state index contributed by atoms with van der Waals surface area (Å²) in [5.74, 6) is -2.65. The van der Waals surface area contributed by atoms with E-state index in [0.717, 1.165) is 12.2 Å². The highest BCUT2D eigenvalue weighted by atomic mass is 19.4. The Bertz CT molecular complexity index is 2380. The molecule has 8 nitrogen and oxygen atoms in total. The molecule has 71 heavy (non-hydrogen) atoms. The lowest BCUT2D eigenvalue weighted by Crippen LogP contribution is -2.21. The molecule has 4 N–H and O–H groups in total. The minimum Gasteiger partial charge on any atom is -0.462 e. The van der Waals surface area contributed by atoms with Gasteiger partial charge in [-0.25, -0.2) is 9.59 Å². The first-order valence-electron chi connectivity index (χ1n) is 22.5. The summed E-state index contributed by atoms with van der Waals surface area (Å²) < 4.78 is 155. The van der Waals surface area contributed by atoms with Crippen molar-refractivity contribution >= 4 is 35.5 Å². The van der Waals surface area contributed by atoms with Crippen LogP contribution in [0.4, 0.5) is 55.3 Å². The number of aryl methyl sites for hydroxylation is 2. The zero-order valence-corrected chi connectivity index (χ0v) is 38.2. The summed E-state index contributed by atoms with van der Waals surface area (Å²) in [5.41, 5.74) is 14.6. The van der Waals surface area contributed by atoms with Crippen LogP contribution < -0.4 is 20.9 Å². The van der Waals surface area contributed by atoms with E-state index in [9.17, 15) is 53.5 Å². The number of halogens is 10. The van der Waals surface area contributed by atoms with Gasteiger partial charge in [0.2, 0.25) is 0 Å². The van der Waals surface area contributed by atoms with Gasteiger partial charge in [0.15, 0.2) is 0 Å². The molecule has 0 aliphatic carbocycles. The fraction of sp³-hybridized carbons (Fsp3) is 0.321. The van der Waals surface area contributed by atoms with Gasteiger partial charge < -0.3 is 30.4 Å². The van der Waals surface area contributed by atoms with Gasteiger partial charge >= 0.3 is 36.5 Å². The first-order chi connectivity index (χ1) is 33.5. The number of ether oxygens (including phenoxy) is 4. The maximum absolute atomic E-state index is 15.0. The van der Waals surface area contributed by atoms with Crippen molar-refractivity contribution in [3.8, 4) is 11.5 Å². The monoisotopic (exact) mass is 1000 g/mol. The smallest absolute Gasteiger partial charge is 0.426 e. The summed E-state index contributed by atoms with van der Waals surface area (Å²) in [6.45, 7) is -0.576. The second kappa shape index (κ2) is 25.2. The van der Waals surface area contributed by atoms with Gasteiger partial charge in [0, 0.05) is 36.4 Å². The van der Waals surface area contributed by atoms with Gasteiger partial charge in [-0.3, -0.25) is 0 Å². The number of carbonyl (C=O) groups is 2. The summed E-state index contributed by atoms with van der Waals surface area (Å²) in [5, 5.41) is 0. The molecule has 0 heterocycles. The Labute approximate surface area is 404 Å². The van der Waals surface area contributed by atoms with Crippen LogP contribution in [-0.2, 0) is 44.1 Å². The topological polar surface area (TPSA) is 123 Å². The zero-order chi connectivity index (χ0) is 51.7. The number of nitrogens with two attached hydrogens (primary N) is 2. The number of hydrogen-bond acceptors (Lipinski definition) is 8. The molecule has 0 unspecified atom stereocenters. The van der Waals surface area contributed by atoms with E-state index in [-0.39, 0.29) is 43.2 Å². The molecule has 5 aromatic rings. The van der Waals surface area contributed by atoms with Crippen LogP contribution in [0.25, 0.3) is 12.2 Å². The van der Waals surface area contributed by atoms with Gasteiger partial charge in [0.25, 0.3) is 0 Å². The molecule has 380 valence electrons. The SMILES string of the molecule is Nc1ccc(C(COC(=O)/C=C/c2ccc(OC(F)(F)c3ccc(CCCCCC(F)(F)F)cc3)cc2)COC(=O)/C=C/c2ccc(OC(F)(F)c3ccc(CCCCCC(F)(F)F)cc3)cc2)c(N)c1. The standard InChI is InChI=1S/C53H52F10N2O6/c54-50(55,56)31-5-1-3-7-36-9-19-41(20-10-36)52(60,61)70-44-24-13-38(14-25-44)17-29-48(66)68-34-40(46-28-23-43(64)33-47(46)65)35-69-49(67)30-18-39-15-26-45(27-16-39)71-53(62,63)42-21-11-37(12-22-42)8-4-2-6-32-51(57,58)59/h9-30,33,40H,1-8,31-32,34-35,64-65H2/b29-17+,30-18+. The van der Waals surface area contributed by atoms with Crippen molar-refractivity contribution in [2.75, 3.05) is 24.7 Å². The van der Waals surface area contributed by atoms with Crippen LogP contribution in [0.3, 0.4) is 0 Å². The van der Waals surface area contributed by atoms with Gasteiger partial charge in [0.05, 0.1) is 17.0 Å². The van der Waals surface area contributed by atoms with Gasteiger partial charge in [0.1, 0.15) is 24.7 Å². The molecule has 0 aliphatic rings. The summed E-state index contributed by atoms with van der Waals surface area (Å²) >= 11 is 0. The molecule has 18 heteroatoms. The Morgan fingerprint density at radius 1 is 0.493 bits per heavy atom. The normalized spacial score (nSPS) is 12.4. The van der Waals surface area contributed by atoms with E-state index in [1.807, 2.05) is 0 Å². The molecule has 0 amide bonds. The van der Waals surface area contributed by atoms with E-state index in [1.165, 1.54) is 115 Å². The third-order valence-electron chi connectivity index (χ3n) is 10.9. The van der Waals surface area contributed by atoms with Crippen LogP contribution in [-0.4, -0.2) is 37.5 Å². The van der Waals surface area contributed by atoms with Crippen molar-refractivity contribution in [1.82, 2.24) is 0 Å². The van der Waals surface area contributed by atoms with Crippen molar-refractivity contribution in [2.24, 2.45) is 0 Å². The molecule has 0 fully saturated rings. The maximum Gasteiger partial charge on any atom is 0.426 e. The Morgan fingerprint density at radius 2 is 0.887 bits per heavy atom. The highest BCUT2D eigenvalue weighted by Crippen LogP contribution is 2.34. The Hall–Kier alpha value is -6.98. The van der Waals surface area contributed by atoms with Crippen molar-refractivity contribution in [3.05, 3.63) is 166 Å². The first kappa shape index (κ1) is 55.0. The number of alkyl halides is 10. The van der Waals surface area contributed by atoms with Gasteiger partial charge in [-0.05, 0) is 139 Å².